The molecule has 0 N–H and O–H groups in total. The zero-order valence-corrected chi connectivity index (χ0v) is 15.8. The van der Waals surface area contributed by atoms with Gasteiger partial charge >= 0.3 is 17.8 Å². The van der Waals surface area contributed by atoms with Gasteiger partial charge in [0.25, 0.3) is 0 Å². The molecule has 4 amide bonds. The van der Waals surface area contributed by atoms with Gasteiger partial charge in [0.05, 0.1) is 6.67 Å². The van der Waals surface area contributed by atoms with Crippen LogP contribution in [-0.2, 0) is 16.1 Å². The summed E-state index contributed by atoms with van der Waals surface area (Å²) in [6.07, 6.45) is 3.61. The molecule has 3 rings (SSSR count). The van der Waals surface area contributed by atoms with Gasteiger partial charge in [-0.3, -0.25) is 19.4 Å². The maximum Gasteiger partial charge on any atom is 0.335 e. The molecule has 1 saturated heterocycles. The maximum atomic E-state index is 12.6. The number of hydrogen-bond donors (Lipinski definition) is 0. The molecule has 0 bridgehead atoms. The van der Waals surface area contributed by atoms with Gasteiger partial charge in [-0.05, 0) is 36.9 Å². The Bertz CT molecular complexity index is 693. The average Bonchev–Trinajstić information content (AvgIpc) is 3.19. The second-order valence-corrected chi connectivity index (χ2v) is 7.68. The number of nitrogens with zero attached hydrogens (tertiary/aromatic N) is 3. The highest BCUT2D eigenvalue weighted by Crippen LogP contribution is 2.27. The fourth-order valence-corrected chi connectivity index (χ4v) is 3.74. The van der Waals surface area contributed by atoms with E-state index in [0.717, 1.165) is 36.1 Å². The highest BCUT2D eigenvalue weighted by atomic mass is 16.2. The summed E-state index contributed by atoms with van der Waals surface area (Å²) < 4.78 is 0. The quantitative estimate of drug-likeness (QED) is 0.580. The zero-order valence-electron chi connectivity index (χ0n) is 15.8. The topological polar surface area (TPSA) is 60.9 Å². The van der Waals surface area contributed by atoms with E-state index in [4.69, 9.17) is 0 Å². The van der Waals surface area contributed by atoms with E-state index in [9.17, 15) is 14.4 Å². The molecule has 1 heterocycles. The third-order valence-electron chi connectivity index (χ3n) is 5.26. The summed E-state index contributed by atoms with van der Waals surface area (Å²) in [4.78, 5) is 41.3. The second-order valence-electron chi connectivity index (χ2n) is 7.68. The number of hydrogen-bond acceptors (Lipinski definition) is 4. The van der Waals surface area contributed by atoms with Crippen molar-refractivity contribution in [1.82, 2.24) is 14.7 Å². The lowest BCUT2D eigenvalue weighted by Gasteiger charge is -2.24. The molecule has 2 fully saturated rings. The summed E-state index contributed by atoms with van der Waals surface area (Å²) in [5.41, 5.74) is 2.38. The Morgan fingerprint density at radius 1 is 1.04 bits per heavy atom. The van der Waals surface area contributed by atoms with Crippen LogP contribution in [0.1, 0.15) is 56.6 Å². The van der Waals surface area contributed by atoms with Crippen molar-refractivity contribution in [3.63, 3.8) is 0 Å². The Balaban J connectivity index is 1.63. The molecule has 1 aromatic carbocycles. The Morgan fingerprint density at radius 3 is 2.23 bits per heavy atom. The SMILES string of the molecule is CC(C)c1ccc(CN(C)CN2C(=O)C(=O)N(C3CCCC3)C2=O)cc1. The van der Waals surface area contributed by atoms with Crippen LogP contribution >= 0.6 is 0 Å². The summed E-state index contributed by atoms with van der Waals surface area (Å²) in [5, 5.41) is 0. The van der Waals surface area contributed by atoms with Crippen molar-refractivity contribution in [3.8, 4) is 0 Å². The normalized spacial score (nSPS) is 18.9. The first-order chi connectivity index (χ1) is 12.4. The third kappa shape index (κ3) is 3.65. The molecule has 0 atom stereocenters. The lowest BCUT2D eigenvalue weighted by molar-refractivity contribution is -0.144. The largest absolute Gasteiger partial charge is 0.335 e. The first-order valence-electron chi connectivity index (χ1n) is 9.35. The maximum absolute atomic E-state index is 12.6. The lowest BCUT2D eigenvalue weighted by atomic mass is 10.0. The van der Waals surface area contributed by atoms with Crippen molar-refractivity contribution in [2.45, 2.75) is 58.0 Å². The molecule has 2 aliphatic rings. The van der Waals surface area contributed by atoms with Crippen LogP contribution in [0.15, 0.2) is 24.3 Å². The second kappa shape index (κ2) is 7.58. The van der Waals surface area contributed by atoms with E-state index in [1.54, 1.807) is 0 Å². The molecular formula is C20H27N3O3. The standard InChI is InChI=1S/C20H27N3O3/c1-14(2)16-10-8-15(9-11-16)12-21(3)13-22-18(24)19(25)23(20(22)26)17-6-4-5-7-17/h8-11,14,17H,4-7,12-13H2,1-3H3. The minimum atomic E-state index is -0.705. The molecule has 0 spiro atoms. The fourth-order valence-electron chi connectivity index (χ4n) is 3.74. The predicted molar refractivity (Wildman–Crippen MR) is 98.2 cm³/mol. The van der Waals surface area contributed by atoms with Gasteiger partial charge in [0, 0.05) is 12.6 Å². The van der Waals surface area contributed by atoms with Crippen molar-refractivity contribution in [3.05, 3.63) is 35.4 Å². The summed E-state index contributed by atoms with van der Waals surface area (Å²) in [7, 11) is 1.85. The van der Waals surface area contributed by atoms with E-state index in [1.807, 2.05) is 11.9 Å². The molecule has 1 saturated carbocycles. The number of amides is 4. The summed E-state index contributed by atoms with van der Waals surface area (Å²) in [6, 6.07) is 7.76. The predicted octanol–water partition coefficient (Wildman–Crippen LogP) is 2.93. The van der Waals surface area contributed by atoms with Crippen LogP contribution < -0.4 is 0 Å². The third-order valence-corrected chi connectivity index (χ3v) is 5.26. The number of urea groups is 1. The lowest BCUT2D eigenvalue weighted by Crippen LogP contribution is -2.42. The molecule has 6 heteroatoms. The van der Waals surface area contributed by atoms with Crippen LogP contribution in [0.25, 0.3) is 0 Å². The number of imide groups is 2. The molecule has 26 heavy (non-hydrogen) atoms. The van der Waals surface area contributed by atoms with Gasteiger partial charge in [-0.2, -0.15) is 0 Å². The first kappa shape index (κ1) is 18.6. The van der Waals surface area contributed by atoms with E-state index in [1.165, 1.54) is 10.5 Å². The van der Waals surface area contributed by atoms with E-state index in [0.29, 0.717) is 12.5 Å². The van der Waals surface area contributed by atoms with E-state index in [-0.39, 0.29) is 12.7 Å². The zero-order chi connectivity index (χ0) is 18.8. The van der Waals surface area contributed by atoms with Crippen LogP contribution in [0.3, 0.4) is 0 Å². The smallest absolute Gasteiger partial charge is 0.284 e. The molecule has 1 aliphatic heterocycles. The highest BCUT2D eigenvalue weighted by molar-refractivity contribution is 6.44. The fraction of sp³-hybridized carbons (Fsp3) is 0.550. The molecule has 140 valence electrons. The van der Waals surface area contributed by atoms with E-state index in [2.05, 4.69) is 38.1 Å². The van der Waals surface area contributed by atoms with Crippen molar-refractivity contribution in [2.24, 2.45) is 0 Å². The van der Waals surface area contributed by atoms with Crippen molar-refractivity contribution >= 4 is 17.8 Å². The number of carbonyl (C=O) groups excluding carboxylic acids is 3. The number of carbonyl (C=O) groups is 3. The van der Waals surface area contributed by atoms with Crippen LogP contribution in [0.2, 0.25) is 0 Å². The van der Waals surface area contributed by atoms with Crippen molar-refractivity contribution < 1.29 is 14.4 Å². The first-order valence-corrected chi connectivity index (χ1v) is 9.35. The molecule has 0 aromatic heterocycles. The van der Waals surface area contributed by atoms with Gasteiger partial charge in [0.15, 0.2) is 0 Å². The average molecular weight is 357 g/mol. The molecule has 0 radical (unpaired) electrons. The summed E-state index contributed by atoms with van der Waals surface area (Å²) >= 11 is 0. The molecule has 6 nitrogen and oxygen atoms in total. The minimum Gasteiger partial charge on any atom is -0.284 e. The number of rotatable bonds is 6. The van der Waals surface area contributed by atoms with E-state index < -0.39 is 17.8 Å². The Kier molecular flexibility index (Phi) is 5.41. The van der Waals surface area contributed by atoms with Gasteiger partial charge in [0.1, 0.15) is 0 Å². The highest BCUT2D eigenvalue weighted by Gasteiger charge is 2.48. The Hall–Kier alpha value is -2.21. The van der Waals surface area contributed by atoms with Crippen LogP contribution in [0.4, 0.5) is 4.79 Å². The van der Waals surface area contributed by atoms with Crippen LogP contribution in [0, 0.1) is 0 Å². The van der Waals surface area contributed by atoms with Crippen molar-refractivity contribution in [1.29, 1.82) is 0 Å². The summed E-state index contributed by atoms with van der Waals surface area (Å²) in [5.74, 6) is -0.894. The van der Waals surface area contributed by atoms with E-state index >= 15 is 0 Å². The molecule has 1 aromatic rings. The van der Waals surface area contributed by atoms with Gasteiger partial charge < -0.3 is 0 Å². The van der Waals surface area contributed by atoms with Gasteiger partial charge in [-0.1, -0.05) is 51.0 Å². The monoisotopic (exact) mass is 357 g/mol. The summed E-state index contributed by atoms with van der Waals surface area (Å²) in [6.45, 7) is 5.03. The number of benzene rings is 1. The Morgan fingerprint density at radius 2 is 1.65 bits per heavy atom. The molecular weight excluding hydrogens is 330 g/mol. The van der Waals surface area contributed by atoms with Crippen LogP contribution in [0.5, 0.6) is 0 Å². The van der Waals surface area contributed by atoms with Crippen molar-refractivity contribution in [2.75, 3.05) is 13.7 Å². The Labute approximate surface area is 154 Å². The minimum absolute atomic E-state index is 0.113. The van der Waals surface area contributed by atoms with Gasteiger partial charge in [0.2, 0.25) is 0 Å². The molecule has 0 unspecified atom stereocenters. The molecule has 1 aliphatic carbocycles. The van der Waals surface area contributed by atoms with Gasteiger partial charge in [-0.15, -0.1) is 0 Å². The van der Waals surface area contributed by atoms with Gasteiger partial charge in [-0.25, -0.2) is 9.69 Å². The van der Waals surface area contributed by atoms with Crippen LogP contribution in [-0.4, -0.2) is 52.3 Å².